The van der Waals surface area contributed by atoms with Crippen LogP contribution in [-0.4, -0.2) is 22.6 Å². The third-order valence-electron chi connectivity index (χ3n) is 3.73. The van der Waals surface area contributed by atoms with Gasteiger partial charge in [-0.05, 0) is 24.2 Å². The molecule has 1 aliphatic heterocycles. The van der Waals surface area contributed by atoms with Crippen LogP contribution in [0, 0.1) is 17.8 Å². The Hall–Kier alpha value is -0.830. The van der Waals surface area contributed by atoms with Gasteiger partial charge in [0.25, 0.3) is 0 Å². The smallest absolute Gasteiger partial charge is 0.0950 e. The van der Waals surface area contributed by atoms with Gasteiger partial charge < -0.3 is 9.88 Å². The summed E-state index contributed by atoms with van der Waals surface area (Å²) in [6.07, 6.45) is 5.23. The van der Waals surface area contributed by atoms with Gasteiger partial charge in [0, 0.05) is 31.0 Å². The van der Waals surface area contributed by atoms with Gasteiger partial charge >= 0.3 is 0 Å². The van der Waals surface area contributed by atoms with E-state index in [9.17, 15) is 0 Å². The summed E-state index contributed by atoms with van der Waals surface area (Å²) in [5.41, 5.74) is 1.42. The van der Waals surface area contributed by atoms with Crippen LogP contribution in [0.15, 0.2) is 12.5 Å². The zero-order valence-electron chi connectivity index (χ0n) is 9.48. The van der Waals surface area contributed by atoms with Crippen LogP contribution >= 0.6 is 0 Å². The highest BCUT2D eigenvalue weighted by Gasteiger charge is 2.54. The molecule has 1 aliphatic carbocycles. The van der Waals surface area contributed by atoms with Crippen molar-refractivity contribution in [2.24, 2.45) is 17.8 Å². The Bertz CT molecular complexity index is 346. The summed E-state index contributed by atoms with van der Waals surface area (Å²) in [5, 5.41) is 3.44. The van der Waals surface area contributed by atoms with Crippen molar-refractivity contribution in [3.8, 4) is 0 Å². The molecule has 2 atom stereocenters. The van der Waals surface area contributed by atoms with E-state index < -0.39 is 0 Å². The van der Waals surface area contributed by atoms with Crippen molar-refractivity contribution < 1.29 is 0 Å². The minimum Gasteiger partial charge on any atom is -0.331 e. The first kappa shape index (κ1) is 9.40. The first-order valence-corrected chi connectivity index (χ1v) is 5.99. The Morgan fingerprint density at radius 1 is 1.47 bits per heavy atom. The molecule has 0 spiro atoms. The fourth-order valence-electron chi connectivity index (χ4n) is 2.98. The lowest BCUT2D eigenvalue weighted by molar-refractivity contribution is 0.531. The van der Waals surface area contributed by atoms with Crippen molar-refractivity contribution >= 4 is 0 Å². The topological polar surface area (TPSA) is 29.9 Å². The maximum Gasteiger partial charge on any atom is 0.0950 e. The molecule has 0 amide bonds. The number of hydrogen-bond acceptors (Lipinski definition) is 2. The van der Waals surface area contributed by atoms with E-state index >= 15 is 0 Å². The molecule has 2 unspecified atom stereocenters. The molecule has 0 bridgehead atoms. The summed E-state index contributed by atoms with van der Waals surface area (Å²) in [6, 6.07) is 0.752. The first-order valence-electron chi connectivity index (χ1n) is 5.99. The normalized spacial score (nSPS) is 33.4. The average molecular weight is 205 g/mol. The molecule has 2 heterocycles. The van der Waals surface area contributed by atoms with Crippen LogP contribution in [0.25, 0.3) is 0 Å². The zero-order chi connectivity index (χ0) is 10.4. The summed E-state index contributed by atoms with van der Waals surface area (Å²) in [7, 11) is 0. The molecule has 0 aromatic carbocycles. The standard InChI is InChI=1S/C12H19N3/c1-8(2)3-9-4-14-7-15(9)12-10-5-13-6-11(10)12/h4,7-8,10-13H,3,5-6H2,1-2H3. The van der Waals surface area contributed by atoms with Gasteiger partial charge in [0.05, 0.1) is 6.33 Å². The van der Waals surface area contributed by atoms with E-state index in [1.807, 2.05) is 12.5 Å². The monoisotopic (exact) mass is 205 g/mol. The van der Waals surface area contributed by atoms with Crippen molar-refractivity contribution in [2.45, 2.75) is 26.3 Å². The minimum atomic E-state index is 0.720. The molecular formula is C12H19N3. The number of nitrogens with zero attached hydrogens (tertiary/aromatic N) is 2. The van der Waals surface area contributed by atoms with Gasteiger partial charge in [-0.3, -0.25) is 0 Å². The Kier molecular flexibility index (Phi) is 2.09. The van der Waals surface area contributed by atoms with E-state index in [4.69, 9.17) is 0 Å². The summed E-state index contributed by atoms with van der Waals surface area (Å²) in [4.78, 5) is 4.31. The number of piperidine rings is 1. The number of rotatable bonds is 3. The lowest BCUT2D eigenvalue weighted by Crippen LogP contribution is -2.17. The fraction of sp³-hybridized carbons (Fsp3) is 0.750. The Morgan fingerprint density at radius 2 is 2.20 bits per heavy atom. The molecule has 1 saturated carbocycles. The summed E-state index contributed by atoms with van der Waals surface area (Å²) >= 11 is 0. The number of aromatic nitrogens is 2. The van der Waals surface area contributed by atoms with E-state index in [1.54, 1.807) is 0 Å². The number of hydrogen-bond donors (Lipinski definition) is 1. The third-order valence-corrected chi connectivity index (χ3v) is 3.73. The second kappa shape index (κ2) is 3.34. The van der Waals surface area contributed by atoms with Crippen molar-refractivity contribution in [3.63, 3.8) is 0 Å². The van der Waals surface area contributed by atoms with E-state index in [1.165, 1.54) is 18.8 Å². The van der Waals surface area contributed by atoms with Crippen molar-refractivity contribution in [3.05, 3.63) is 18.2 Å². The second-order valence-electron chi connectivity index (χ2n) is 5.37. The van der Waals surface area contributed by atoms with Crippen molar-refractivity contribution in [1.82, 2.24) is 14.9 Å². The van der Waals surface area contributed by atoms with Gasteiger partial charge in [-0.2, -0.15) is 0 Å². The molecule has 0 radical (unpaired) electrons. The molecule has 15 heavy (non-hydrogen) atoms. The summed E-state index contributed by atoms with van der Waals surface area (Å²) < 4.78 is 2.43. The van der Waals surface area contributed by atoms with Gasteiger partial charge in [-0.15, -0.1) is 0 Å². The molecule has 2 fully saturated rings. The fourth-order valence-corrected chi connectivity index (χ4v) is 2.98. The van der Waals surface area contributed by atoms with Crippen LogP contribution < -0.4 is 5.32 Å². The highest BCUT2D eigenvalue weighted by Crippen LogP contribution is 2.52. The maximum atomic E-state index is 4.31. The molecule has 1 aromatic heterocycles. The minimum absolute atomic E-state index is 0.720. The molecular weight excluding hydrogens is 186 g/mol. The highest BCUT2D eigenvalue weighted by atomic mass is 15.2. The molecule has 1 aromatic rings. The number of imidazole rings is 1. The molecule has 82 valence electrons. The van der Waals surface area contributed by atoms with Gasteiger partial charge in [0.1, 0.15) is 0 Å². The summed E-state index contributed by atoms with van der Waals surface area (Å²) in [5.74, 6) is 2.48. The Labute approximate surface area is 90.9 Å². The quantitative estimate of drug-likeness (QED) is 0.810. The SMILES string of the molecule is CC(C)Cc1cncn1C1C2CNCC21. The van der Waals surface area contributed by atoms with Crippen LogP contribution in [0.1, 0.15) is 25.6 Å². The average Bonchev–Trinajstić information content (AvgIpc) is 2.64. The lowest BCUT2D eigenvalue weighted by atomic mass is 10.1. The van der Waals surface area contributed by atoms with Gasteiger partial charge in [-0.1, -0.05) is 13.8 Å². The molecule has 3 rings (SSSR count). The summed E-state index contributed by atoms with van der Waals surface area (Å²) in [6.45, 7) is 6.95. The van der Waals surface area contributed by atoms with Crippen LogP contribution in [0.2, 0.25) is 0 Å². The van der Waals surface area contributed by atoms with Crippen LogP contribution in [0.3, 0.4) is 0 Å². The maximum absolute atomic E-state index is 4.31. The van der Waals surface area contributed by atoms with E-state index in [0.29, 0.717) is 0 Å². The number of nitrogens with one attached hydrogen (secondary N) is 1. The van der Waals surface area contributed by atoms with Crippen molar-refractivity contribution in [1.29, 1.82) is 0 Å². The second-order valence-corrected chi connectivity index (χ2v) is 5.37. The van der Waals surface area contributed by atoms with Crippen LogP contribution in [0.5, 0.6) is 0 Å². The van der Waals surface area contributed by atoms with Gasteiger partial charge in [0.2, 0.25) is 0 Å². The van der Waals surface area contributed by atoms with Crippen molar-refractivity contribution in [2.75, 3.05) is 13.1 Å². The van der Waals surface area contributed by atoms with E-state index in [0.717, 1.165) is 30.2 Å². The molecule has 1 saturated heterocycles. The predicted molar refractivity (Wildman–Crippen MR) is 59.7 cm³/mol. The molecule has 1 N–H and O–H groups in total. The Morgan fingerprint density at radius 3 is 2.87 bits per heavy atom. The molecule has 3 heteroatoms. The highest BCUT2D eigenvalue weighted by molar-refractivity contribution is 5.13. The first-order chi connectivity index (χ1) is 7.27. The predicted octanol–water partition coefficient (Wildman–Crippen LogP) is 1.47. The molecule has 3 nitrogen and oxygen atoms in total. The number of fused-ring (bicyclic) bond motifs is 1. The Balaban J connectivity index is 1.78. The molecule has 2 aliphatic rings. The van der Waals surface area contributed by atoms with Gasteiger partial charge in [-0.25, -0.2) is 4.98 Å². The van der Waals surface area contributed by atoms with Gasteiger partial charge in [0.15, 0.2) is 0 Å². The zero-order valence-corrected chi connectivity index (χ0v) is 9.48. The largest absolute Gasteiger partial charge is 0.331 e. The van der Waals surface area contributed by atoms with E-state index in [2.05, 4.69) is 28.7 Å². The van der Waals surface area contributed by atoms with Crippen LogP contribution in [0.4, 0.5) is 0 Å². The van der Waals surface area contributed by atoms with E-state index in [-0.39, 0.29) is 0 Å². The van der Waals surface area contributed by atoms with Crippen LogP contribution in [-0.2, 0) is 6.42 Å². The third kappa shape index (κ3) is 1.49. The lowest BCUT2D eigenvalue weighted by Gasteiger charge is -2.11.